The Bertz CT molecular complexity index is 2130. The fraction of sp³-hybridized carbons (Fsp3) is 0.490. The number of carbonyl (C=O) groups excluding carboxylic acids is 5. The van der Waals surface area contributed by atoms with Gasteiger partial charge in [0.1, 0.15) is 24.3 Å². The zero-order valence-electron chi connectivity index (χ0n) is 38.5. The number of hydrogen-bond donors (Lipinski definition) is 5. The lowest BCUT2D eigenvalue weighted by atomic mass is 9.81. The highest BCUT2D eigenvalue weighted by molar-refractivity contribution is 5.92. The molecule has 5 atom stereocenters. The molecule has 354 valence electrons. The SMILES string of the molecule is CC(C)(C)OC(=O)N[C@@H](Cc1ccccc1)C(=O)N[C@@H](Cc1cnc[nH]1)C(=O)N[C@H](CC1CCCCC1)[C@@H](O)[C@@H]1CCN(CCCN(Cc2ccccc2)C(=O)OCc2ccccc2)C1=O. The smallest absolute Gasteiger partial charge is 0.410 e. The lowest BCUT2D eigenvalue weighted by Crippen LogP contribution is -2.58. The Balaban J connectivity index is 1.13. The highest BCUT2D eigenvalue weighted by Gasteiger charge is 2.42. The number of amides is 5. The molecule has 1 aromatic heterocycles. The molecular formula is C51H67N7O8. The number of carbonyl (C=O) groups is 5. The zero-order valence-corrected chi connectivity index (χ0v) is 38.5. The summed E-state index contributed by atoms with van der Waals surface area (Å²) < 4.78 is 11.2. The van der Waals surface area contributed by atoms with Crippen LogP contribution >= 0.6 is 0 Å². The predicted molar refractivity (Wildman–Crippen MR) is 249 cm³/mol. The second-order valence-electron chi connectivity index (χ2n) is 18.6. The van der Waals surface area contributed by atoms with Gasteiger partial charge in [0.15, 0.2) is 0 Å². The molecule has 1 aliphatic heterocycles. The molecule has 2 heterocycles. The van der Waals surface area contributed by atoms with Gasteiger partial charge in [0.05, 0.1) is 24.4 Å². The van der Waals surface area contributed by atoms with Gasteiger partial charge < -0.3 is 45.3 Å². The molecule has 5 amide bonds. The summed E-state index contributed by atoms with van der Waals surface area (Å²) in [4.78, 5) is 79.6. The second kappa shape index (κ2) is 24.3. The van der Waals surface area contributed by atoms with E-state index >= 15 is 0 Å². The van der Waals surface area contributed by atoms with Crippen LogP contribution in [0.5, 0.6) is 0 Å². The summed E-state index contributed by atoms with van der Waals surface area (Å²) in [6.07, 6.45) is 7.30. The lowest BCUT2D eigenvalue weighted by Gasteiger charge is -2.33. The number of ether oxygens (including phenoxy) is 2. The summed E-state index contributed by atoms with van der Waals surface area (Å²) in [6.45, 7) is 6.83. The molecule has 5 N–H and O–H groups in total. The number of imidazole rings is 1. The minimum absolute atomic E-state index is 0.0472. The van der Waals surface area contributed by atoms with Crippen LogP contribution in [0.25, 0.3) is 0 Å². The Labute approximate surface area is 388 Å². The van der Waals surface area contributed by atoms with Crippen molar-refractivity contribution in [2.45, 2.75) is 128 Å². The maximum atomic E-state index is 14.5. The number of H-pyrrole nitrogens is 1. The van der Waals surface area contributed by atoms with E-state index in [4.69, 9.17) is 9.47 Å². The van der Waals surface area contributed by atoms with Crippen LogP contribution in [-0.4, -0.2) is 104 Å². The highest BCUT2D eigenvalue weighted by atomic mass is 16.6. The molecule has 66 heavy (non-hydrogen) atoms. The Hall–Kier alpha value is -6.22. The molecule has 2 aliphatic rings. The fourth-order valence-electron chi connectivity index (χ4n) is 8.84. The van der Waals surface area contributed by atoms with Crippen molar-refractivity contribution in [2.75, 3.05) is 19.6 Å². The summed E-state index contributed by atoms with van der Waals surface area (Å²) in [5, 5.41) is 20.8. The van der Waals surface area contributed by atoms with Gasteiger partial charge in [-0.05, 0) is 62.6 Å². The first-order valence-electron chi connectivity index (χ1n) is 23.4. The van der Waals surface area contributed by atoms with E-state index in [0.717, 1.165) is 48.8 Å². The molecular weight excluding hydrogens is 839 g/mol. The summed E-state index contributed by atoms with van der Waals surface area (Å²) in [5.74, 6) is -1.86. The molecule has 1 saturated carbocycles. The molecule has 0 bridgehead atoms. The Morgan fingerprint density at radius 2 is 1.44 bits per heavy atom. The number of alkyl carbamates (subject to hydrolysis) is 1. The molecule has 6 rings (SSSR count). The van der Waals surface area contributed by atoms with Crippen LogP contribution in [0.15, 0.2) is 104 Å². The topological polar surface area (TPSA) is 195 Å². The van der Waals surface area contributed by atoms with Crippen molar-refractivity contribution in [1.29, 1.82) is 0 Å². The summed E-state index contributed by atoms with van der Waals surface area (Å²) in [5.41, 5.74) is 2.41. The molecule has 0 unspecified atom stereocenters. The number of aromatic amines is 1. The van der Waals surface area contributed by atoms with Gasteiger partial charge in [0.2, 0.25) is 17.7 Å². The van der Waals surface area contributed by atoms with Crippen molar-refractivity contribution in [3.8, 4) is 0 Å². The third kappa shape index (κ3) is 15.5. The Morgan fingerprint density at radius 1 is 0.818 bits per heavy atom. The van der Waals surface area contributed by atoms with Crippen molar-refractivity contribution in [3.63, 3.8) is 0 Å². The molecule has 0 radical (unpaired) electrons. The lowest BCUT2D eigenvalue weighted by molar-refractivity contribution is -0.136. The van der Waals surface area contributed by atoms with Gasteiger partial charge in [-0.1, -0.05) is 123 Å². The standard InChI is InChI=1S/C51H67N7O8/c1-51(2,3)66-49(63)56-43(30-37-19-10-5-11-20-37)46(60)55-44(31-40-32-52-35-53-40)47(61)54-42(29-36-17-8-4-9-18-36)45(59)41-25-28-57(48(41)62)26-16-27-58(33-38-21-12-6-13-22-38)50(64)65-34-39-23-14-7-15-24-39/h5-7,10-15,19-24,32,35-36,41-45,59H,4,8-9,16-18,25-31,33-34H2,1-3H3,(H,52,53)(H,54,61)(H,55,60)(H,56,63)/t41-,42+,43-,44-,45-/m0/s1. The van der Waals surface area contributed by atoms with Crippen LogP contribution < -0.4 is 16.0 Å². The van der Waals surface area contributed by atoms with Crippen LogP contribution in [0.3, 0.4) is 0 Å². The van der Waals surface area contributed by atoms with E-state index in [-0.39, 0.29) is 31.3 Å². The van der Waals surface area contributed by atoms with E-state index in [0.29, 0.717) is 51.1 Å². The summed E-state index contributed by atoms with van der Waals surface area (Å²) in [6, 6.07) is 25.4. The van der Waals surface area contributed by atoms with Gasteiger partial charge in [-0.15, -0.1) is 0 Å². The highest BCUT2D eigenvalue weighted by Crippen LogP contribution is 2.31. The van der Waals surface area contributed by atoms with E-state index in [1.54, 1.807) is 36.8 Å². The maximum Gasteiger partial charge on any atom is 0.410 e. The third-order valence-electron chi connectivity index (χ3n) is 12.2. The first-order chi connectivity index (χ1) is 31.8. The number of nitrogens with zero attached hydrogens (tertiary/aromatic N) is 3. The van der Waals surface area contributed by atoms with E-state index in [1.165, 1.54) is 6.33 Å². The monoisotopic (exact) mass is 906 g/mol. The summed E-state index contributed by atoms with van der Waals surface area (Å²) >= 11 is 0. The average molecular weight is 906 g/mol. The van der Waals surface area contributed by atoms with E-state index in [9.17, 15) is 29.1 Å². The van der Waals surface area contributed by atoms with Crippen LogP contribution in [0.4, 0.5) is 9.59 Å². The van der Waals surface area contributed by atoms with Crippen LogP contribution in [0.1, 0.15) is 94.5 Å². The number of hydrogen-bond acceptors (Lipinski definition) is 9. The first kappa shape index (κ1) is 49.2. The molecule has 0 spiro atoms. The van der Waals surface area contributed by atoms with Gasteiger partial charge in [0.25, 0.3) is 0 Å². The predicted octanol–water partition coefficient (Wildman–Crippen LogP) is 6.47. The van der Waals surface area contributed by atoms with E-state index in [1.807, 2.05) is 91.0 Å². The number of nitrogens with one attached hydrogen (secondary N) is 4. The molecule has 15 heteroatoms. The van der Waals surface area contributed by atoms with Crippen LogP contribution in [0.2, 0.25) is 0 Å². The molecule has 3 aromatic carbocycles. The average Bonchev–Trinajstić information content (AvgIpc) is 3.96. The number of aliphatic hydroxyl groups excluding tert-OH is 1. The van der Waals surface area contributed by atoms with Crippen LogP contribution in [0, 0.1) is 11.8 Å². The summed E-state index contributed by atoms with van der Waals surface area (Å²) in [7, 11) is 0. The van der Waals surface area contributed by atoms with Gasteiger partial charge in [0, 0.05) is 50.9 Å². The molecule has 4 aromatic rings. The van der Waals surface area contributed by atoms with Crippen molar-refractivity contribution in [3.05, 3.63) is 126 Å². The third-order valence-corrected chi connectivity index (χ3v) is 12.2. The number of rotatable bonds is 21. The number of aromatic nitrogens is 2. The first-order valence-corrected chi connectivity index (χ1v) is 23.4. The van der Waals surface area contributed by atoms with Crippen LogP contribution in [-0.2, 0) is 49.9 Å². The number of aliphatic hydroxyl groups is 1. The largest absolute Gasteiger partial charge is 0.445 e. The zero-order chi connectivity index (χ0) is 46.9. The minimum Gasteiger partial charge on any atom is -0.445 e. The molecule has 15 nitrogen and oxygen atoms in total. The van der Waals surface area contributed by atoms with E-state index < -0.39 is 59.7 Å². The van der Waals surface area contributed by atoms with Gasteiger partial charge in [-0.2, -0.15) is 0 Å². The molecule has 1 saturated heterocycles. The van der Waals surface area contributed by atoms with Crippen molar-refractivity contribution < 1.29 is 38.6 Å². The Kier molecular flexibility index (Phi) is 18.2. The quantitative estimate of drug-likeness (QED) is 0.0623. The van der Waals surface area contributed by atoms with E-state index in [2.05, 4.69) is 25.9 Å². The van der Waals surface area contributed by atoms with Gasteiger partial charge >= 0.3 is 12.2 Å². The number of likely N-dealkylation sites (tertiary alicyclic amines) is 1. The Morgan fingerprint density at radius 3 is 2.08 bits per heavy atom. The number of benzene rings is 3. The van der Waals surface area contributed by atoms with Gasteiger partial charge in [-0.3, -0.25) is 14.4 Å². The van der Waals surface area contributed by atoms with Crippen molar-refractivity contribution in [1.82, 2.24) is 35.7 Å². The van der Waals surface area contributed by atoms with Crippen molar-refractivity contribution in [2.24, 2.45) is 11.8 Å². The maximum absolute atomic E-state index is 14.5. The minimum atomic E-state index is -1.20. The normalized spacial score (nSPS) is 17.2. The van der Waals surface area contributed by atoms with Crippen molar-refractivity contribution >= 4 is 29.9 Å². The fourth-order valence-corrected chi connectivity index (χ4v) is 8.84. The molecule has 2 fully saturated rings. The second-order valence-corrected chi connectivity index (χ2v) is 18.6. The van der Waals surface area contributed by atoms with Gasteiger partial charge in [-0.25, -0.2) is 14.6 Å². The molecule has 1 aliphatic carbocycles.